The Kier molecular flexibility index (Phi) is 4.31. The number of aromatic amines is 4. The number of fused-ring (bicyclic) bond motifs is 10. The molecule has 0 amide bonds. The van der Waals surface area contributed by atoms with Gasteiger partial charge in [0.15, 0.2) is 6.21 Å². The van der Waals surface area contributed by atoms with Crippen molar-refractivity contribution in [2.24, 2.45) is 0 Å². The lowest BCUT2D eigenvalue weighted by Crippen LogP contribution is -2.36. The Balaban J connectivity index is 1.63. The van der Waals surface area contributed by atoms with Gasteiger partial charge in [0.25, 0.3) is 5.54 Å². The van der Waals surface area contributed by atoms with Crippen molar-refractivity contribution >= 4 is 6.21 Å². The van der Waals surface area contributed by atoms with E-state index in [0.29, 0.717) is 0 Å². The lowest BCUT2D eigenvalue weighted by Gasteiger charge is -2.29. The lowest BCUT2D eigenvalue weighted by molar-refractivity contribution is -0.534. The summed E-state index contributed by atoms with van der Waals surface area (Å²) in [5.41, 5.74) is 7.06. The number of hydrogen-bond acceptors (Lipinski definition) is 1. The van der Waals surface area contributed by atoms with Gasteiger partial charge in [-0.05, 0) is 90.1 Å². The molecule has 0 aliphatic carbocycles. The Labute approximate surface area is 206 Å². The highest BCUT2D eigenvalue weighted by Gasteiger charge is 2.49. The largest absolute Gasteiger partial charge is 0.623 e. The van der Waals surface area contributed by atoms with E-state index in [-0.39, 0.29) is 16.2 Å². The van der Waals surface area contributed by atoms with Crippen molar-refractivity contribution in [2.45, 2.75) is 76.2 Å². The van der Waals surface area contributed by atoms with Crippen molar-refractivity contribution in [3.05, 3.63) is 99.3 Å². The molecule has 0 saturated heterocycles. The summed E-state index contributed by atoms with van der Waals surface area (Å²) >= 11 is 0. The fraction of sp³-hybridized carbons (Fsp3) is 0.414. The van der Waals surface area contributed by atoms with Crippen LogP contribution in [0.3, 0.4) is 0 Å². The second kappa shape index (κ2) is 6.84. The van der Waals surface area contributed by atoms with Gasteiger partial charge in [0.1, 0.15) is 0 Å². The van der Waals surface area contributed by atoms with E-state index in [1.807, 2.05) is 0 Å². The van der Waals surface area contributed by atoms with Gasteiger partial charge in [0.05, 0.1) is 11.4 Å². The molecule has 4 N–H and O–H groups in total. The summed E-state index contributed by atoms with van der Waals surface area (Å²) < 4.78 is 1.14. The van der Waals surface area contributed by atoms with Crippen LogP contribution in [0.1, 0.15) is 99.9 Å². The highest BCUT2D eigenvalue weighted by Crippen LogP contribution is 2.43. The number of H-pyrrole nitrogens is 4. The summed E-state index contributed by atoms with van der Waals surface area (Å²) in [5.74, 6) is 0. The van der Waals surface area contributed by atoms with E-state index >= 15 is 0 Å². The van der Waals surface area contributed by atoms with Crippen molar-refractivity contribution < 1.29 is 4.74 Å². The van der Waals surface area contributed by atoms with Crippen molar-refractivity contribution in [2.75, 3.05) is 0 Å². The summed E-state index contributed by atoms with van der Waals surface area (Å²) in [5, 5.41) is 13.4. The third-order valence-corrected chi connectivity index (χ3v) is 8.85. The number of hydrogen-bond donors (Lipinski definition) is 4. The predicted molar refractivity (Wildman–Crippen MR) is 139 cm³/mol. The van der Waals surface area contributed by atoms with E-state index in [9.17, 15) is 5.21 Å². The summed E-state index contributed by atoms with van der Waals surface area (Å²) in [6, 6.07) is 17.3. The minimum absolute atomic E-state index is 0.214. The molecule has 4 aromatic rings. The molecular formula is C29H35N5O. The van der Waals surface area contributed by atoms with Crippen molar-refractivity contribution in [1.82, 2.24) is 19.9 Å². The van der Waals surface area contributed by atoms with Gasteiger partial charge in [-0.3, -0.25) is 0 Å². The molecule has 182 valence electrons. The smallest absolute Gasteiger partial charge is 0.252 e. The summed E-state index contributed by atoms with van der Waals surface area (Å²) in [6.07, 6.45) is 3.24. The first-order chi connectivity index (χ1) is 16.5. The number of nitrogens with zero attached hydrogens (tertiary/aromatic N) is 1. The van der Waals surface area contributed by atoms with E-state index in [0.717, 1.165) is 51.7 Å². The normalized spacial score (nSPS) is 21.3. The van der Waals surface area contributed by atoms with Crippen LogP contribution in [0.5, 0.6) is 0 Å². The molecule has 6 heteroatoms. The topological polar surface area (TPSA) is 89.2 Å². The maximum atomic E-state index is 13.4. The van der Waals surface area contributed by atoms with Gasteiger partial charge in [-0.25, -0.2) is 0 Å². The Hall–Kier alpha value is -3.41. The van der Waals surface area contributed by atoms with Crippen LogP contribution in [0.25, 0.3) is 0 Å². The maximum Gasteiger partial charge on any atom is 0.252 e. The zero-order valence-electron chi connectivity index (χ0n) is 21.5. The third-order valence-electron chi connectivity index (χ3n) is 8.85. The van der Waals surface area contributed by atoms with E-state index in [4.69, 9.17) is 0 Å². The second-order valence-electron chi connectivity index (χ2n) is 11.9. The van der Waals surface area contributed by atoms with Crippen LogP contribution in [-0.4, -0.2) is 30.9 Å². The molecule has 2 aliphatic heterocycles. The molecule has 1 spiro atoms. The van der Waals surface area contributed by atoms with Crippen molar-refractivity contribution in [3.63, 3.8) is 0 Å². The first-order valence-corrected chi connectivity index (χ1v) is 12.6. The van der Waals surface area contributed by atoms with Gasteiger partial charge < -0.3 is 25.1 Å². The summed E-state index contributed by atoms with van der Waals surface area (Å²) in [4.78, 5) is 14.8. The number of hydroxylamine groups is 1. The van der Waals surface area contributed by atoms with Gasteiger partial charge in [-0.15, -0.1) is 0 Å². The Morgan fingerprint density at radius 1 is 0.543 bits per heavy atom. The zero-order chi connectivity index (χ0) is 24.8. The van der Waals surface area contributed by atoms with Crippen LogP contribution in [0, 0.1) is 5.21 Å². The van der Waals surface area contributed by atoms with Crippen LogP contribution in [0.4, 0.5) is 0 Å². The Morgan fingerprint density at radius 2 is 0.829 bits per heavy atom. The SMILES string of the molecule is CC1(C)c2ccc([nH]2)C(C)(C)c2ccc([nH]2)C2(CCC=[N+]2[O-])c2ccc([nH]2)C(C)(C)c2ccc1[nH]2. The maximum absolute atomic E-state index is 13.4. The van der Waals surface area contributed by atoms with Crippen LogP contribution in [0.2, 0.25) is 0 Å². The van der Waals surface area contributed by atoms with Crippen LogP contribution in [-0.2, 0) is 21.8 Å². The Morgan fingerprint density at radius 3 is 1.11 bits per heavy atom. The lowest BCUT2D eigenvalue weighted by atomic mass is 9.85. The van der Waals surface area contributed by atoms with Crippen LogP contribution in [0.15, 0.2) is 48.5 Å². The molecule has 0 aromatic carbocycles. The molecule has 0 saturated carbocycles. The van der Waals surface area contributed by atoms with Crippen LogP contribution >= 0.6 is 0 Å². The first-order valence-electron chi connectivity index (χ1n) is 12.6. The number of nitrogens with one attached hydrogen (secondary N) is 4. The van der Waals surface area contributed by atoms with Gasteiger partial charge in [-0.1, -0.05) is 0 Å². The summed E-state index contributed by atoms with van der Waals surface area (Å²) in [6.45, 7) is 13.4. The molecule has 6 rings (SSSR count). The molecule has 6 heterocycles. The highest BCUT2D eigenvalue weighted by atomic mass is 16.5. The minimum Gasteiger partial charge on any atom is -0.623 e. The average molecular weight is 470 g/mol. The average Bonchev–Trinajstić information content (AvgIpc) is 3.62. The molecule has 4 aromatic heterocycles. The minimum atomic E-state index is -0.788. The molecule has 0 fully saturated rings. The second-order valence-corrected chi connectivity index (χ2v) is 11.9. The monoisotopic (exact) mass is 469 g/mol. The Bertz CT molecular complexity index is 1360. The first kappa shape index (κ1) is 22.1. The van der Waals surface area contributed by atoms with Crippen LogP contribution < -0.4 is 0 Å². The van der Waals surface area contributed by atoms with Crippen molar-refractivity contribution in [3.8, 4) is 0 Å². The van der Waals surface area contributed by atoms with Gasteiger partial charge in [0, 0.05) is 63.3 Å². The zero-order valence-corrected chi connectivity index (χ0v) is 21.5. The molecule has 0 atom stereocenters. The molecular weight excluding hydrogens is 434 g/mol. The van der Waals surface area contributed by atoms with E-state index in [1.54, 1.807) is 6.21 Å². The van der Waals surface area contributed by atoms with E-state index in [2.05, 4.69) is 110 Å². The molecule has 35 heavy (non-hydrogen) atoms. The van der Waals surface area contributed by atoms with Gasteiger partial charge >= 0.3 is 0 Å². The predicted octanol–water partition coefficient (Wildman–Crippen LogP) is 5.91. The van der Waals surface area contributed by atoms with Crippen molar-refractivity contribution in [1.29, 1.82) is 0 Å². The fourth-order valence-electron chi connectivity index (χ4n) is 5.99. The summed E-state index contributed by atoms with van der Waals surface area (Å²) in [7, 11) is 0. The quantitative estimate of drug-likeness (QED) is 0.187. The van der Waals surface area contributed by atoms with E-state index < -0.39 is 5.54 Å². The molecule has 0 radical (unpaired) electrons. The van der Waals surface area contributed by atoms with Gasteiger partial charge in [0.2, 0.25) is 0 Å². The molecule has 2 aliphatic rings. The molecule has 0 unspecified atom stereocenters. The van der Waals surface area contributed by atoms with E-state index in [1.165, 1.54) is 11.4 Å². The fourth-order valence-corrected chi connectivity index (χ4v) is 5.99. The number of aromatic nitrogens is 4. The molecule has 6 nitrogen and oxygen atoms in total. The number of rotatable bonds is 0. The van der Waals surface area contributed by atoms with Gasteiger partial charge in [-0.2, -0.15) is 4.74 Å². The third kappa shape index (κ3) is 2.85. The molecule has 8 bridgehead atoms. The standard InChI is InChI=1S/C29H35N5O/c1-26(2)18-8-10-20(30-18)27(3,4)22-12-14-24(32-22)29(16-7-17-34(29)35)25-15-13-23(33-25)28(5,6)21-11-9-19(26)31-21/h8-15,17,30-33H,7,16H2,1-6H3. The highest BCUT2D eigenvalue weighted by molar-refractivity contribution is 5.56.